The molecular formula is C12H12FNO3. The molecule has 0 radical (unpaired) electrons. The smallest absolute Gasteiger partial charge is 0.337 e. The predicted molar refractivity (Wildman–Crippen MR) is 60.2 cm³/mol. The number of benzene rings is 1. The lowest BCUT2D eigenvalue weighted by atomic mass is 10.1. The summed E-state index contributed by atoms with van der Waals surface area (Å²) in [7, 11) is 1.64. The number of carboxylic acids is 1. The Morgan fingerprint density at radius 1 is 1.47 bits per heavy atom. The zero-order valence-corrected chi connectivity index (χ0v) is 9.44. The highest BCUT2D eigenvalue weighted by Crippen LogP contribution is 2.31. The van der Waals surface area contributed by atoms with E-state index in [0.717, 1.165) is 0 Å². The summed E-state index contributed by atoms with van der Waals surface area (Å²) < 4.78 is 15.2. The quantitative estimate of drug-likeness (QED) is 0.836. The maximum Gasteiger partial charge on any atom is 0.337 e. The second kappa shape index (κ2) is 3.85. The van der Waals surface area contributed by atoms with Crippen LogP contribution in [0.15, 0.2) is 18.2 Å². The molecule has 1 unspecified atom stereocenters. The van der Waals surface area contributed by atoms with E-state index in [0.29, 0.717) is 16.6 Å². The van der Waals surface area contributed by atoms with Gasteiger partial charge in [0.2, 0.25) is 0 Å². The minimum Gasteiger partial charge on any atom is -0.479 e. The number of carboxylic acid groups (broad SMARTS) is 1. The van der Waals surface area contributed by atoms with Crippen molar-refractivity contribution in [3.05, 3.63) is 35.3 Å². The molecule has 0 fully saturated rings. The molecule has 0 bridgehead atoms. The van der Waals surface area contributed by atoms with Crippen LogP contribution in [0.5, 0.6) is 0 Å². The first kappa shape index (κ1) is 11.6. The molecule has 2 N–H and O–H groups in total. The van der Waals surface area contributed by atoms with Gasteiger partial charge < -0.3 is 14.8 Å². The van der Waals surface area contributed by atoms with E-state index in [1.807, 2.05) is 0 Å². The number of para-hydroxylation sites is 1. The third kappa shape index (κ3) is 1.59. The van der Waals surface area contributed by atoms with Crippen LogP contribution in [0.1, 0.15) is 17.4 Å². The van der Waals surface area contributed by atoms with Gasteiger partial charge in [-0.05, 0) is 13.0 Å². The number of hydrogen-bond acceptors (Lipinski definition) is 2. The normalized spacial score (nSPS) is 12.9. The number of aromatic nitrogens is 1. The van der Waals surface area contributed by atoms with Gasteiger partial charge in [-0.2, -0.15) is 0 Å². The van der Waals surface area contributed by atoms with E-state index in [-0.39, 0.29) is 5.56 Å². The summed E-state index contributed by atoms with van der Waals surface area (Å²) in [5.74, 6) is -1.78. The molecule has 0 aliphatic carbocycles. The number of aliphatic carboxylic acids is 1. The highest BCUT2D eigenvalue weighted by Gasteiger charge is 2.25. The van der Waals surface area contributed by atoms with Gasteiger partial charge in [-0.25, -0.2) is 9.18 Å². The van der Waals surface area contributed by atoms with Gasteiger partial charge in [-0.15, -0.1) is 0 Å². The molecule has 17 heavy (non-hydrogen) atoms. The van der Waals surface area contributed by atoms with E-state index in [2.05, 4.69) is 0 Å². The summed E-state index contributed by atoms with van der Waals surface area (Å²) >= 11 is 0. The number of aliphatic hydroxyl groups is 1. The molecule has 2 aromatic rings. The van der Waals surface area contributed by atoms with Crippen molar-refractivity contribution in [3.63, 3.8) is 0 Å². The molecule has 0 amide bonds. The number of aliphatic hydroxyl groups excluding tert-OH is 1. The average Bonchev–Trinajstić information content (AvgIpc) is 2.52. The van der Waals surface area contributed by atoms with Crippen LogP contribution in [0.4, 0.5) is 4.39 Å². The molecular weight excluding hydrogens is 225 g/mol. The molecule has 5 heteroatoms. The third-order valence-electron chi connectivity index (χ3n) is 3.01. The van der Waals surface area contributed by atoms with Gasteiger partial charge in [0.25, 0.3) is 0 Å². The van der Waals surface area contributed by atoms with Crippen LogP contribution in [0.2, 0.25) is 0 Å². The highest BCUT2D eigenvalue weighted by molar-refractivity contribution is 5.90. The lowest BCUT2D eigenvalue weighted by Gasteiger charge is -2.06. The lowest BCUT2D eigenvalue weighted by molar-refractivity contribution is -0.146. The molecule has 0 aliphatic rings. The summed E-state index contributed by atoms with van der Waals surface area (Å²) in [6.07, 6.45) is -1.64. The third-order valence-corrected chi connectivity index (χ3v) is 3.01. The number of aryl methyl sites for hydroxylation is 1. The van der Waals surface area contributed by atoms with E-state index < -0.39 is 17.9 Å². The Hall–Kier alpha value is -1.88. The van der Waals surface area contributed by atoms with E-state index in [4.69, 9.17) is 5.11 Å². The molecule has 1 aromatic carbocycles. The van der Waals surface area contributed by atoms with Crippen LogP contribution in [0, 0.1) is 12.7 Å². The molecule has 0 saturated heterocycles. The molecule has 4 nitrogen and oxygen atoms in total. The van der Waals surface area contributed by atoms with Crippen molar-refractivity contribution in [2.75, 3.05) is 0 Å². The molecule has 90 valence electrons. The van der Waals surface area contributed by atoms with Crippen LogP contribution in [-0.4, -0.2) is 20.7 Å². The molecule has 0 spiro atoms. The van der Waals surface area contributed by atoms with Gasteiger partial charge in [-0.1, -0.05) is 12.1 Å². The Morgan fingerprint density at radius 3 is 2.71 bits per heavy atom. The second-order valence-corrected chi connectivity index (χ2v) is 3.93. The first-order valence-corrected chi connectivity index (χ1v) is 5.09. The predicted octanol–water partition coefficient (Wildman–Crippen LogP) is 1.74. The summed E-state index contributed by atoms with van der Waals surface area (Å²) in [4.78, 5) is 10.8. The molecule has 0 aliphatic heterocycles. The minimum atomic E-state index is -1.64. The summed E-state index contributed by atoms with van der Waals surface area (Å²) in [5, 5.41) is 18.9. The topological polar surface area (TPSA) is 62.5 Å². The van der Waals surface area contributed by atoms with Crippen molar-refractivity contribution in [1.29, 1.82) is 0 Å². The first-order valence-electron chi connectivity index (χ1n) is 5.09. The Labute approximate surface area is 96.9 Å². The van der Waals surface area contributed by atoms with Crippen molar-refractivity contribution in [2.24, 2.45) is 7.05 Å². The summed E-state index contributed by atoms with van der Waals surface area (Å²) in [6, 6.07) is 4.40. The zero-order valence-electron chi connectivity index (χ0n) is 9.44. The Morgan fingerprint density at radius 2 is 2.12 bits per heavy atom. The molecule has 1 atom stereocenters. The fraction of sp³-hybridized carbons (Fsp3) is 0.250. The largest absolute Gasteiger partial charge is 0.479 e. The Balaban J connectivity index is 2.85. The Kier molecular flexibility index (Phi) is 2.63. The van der Waals surface area contributed by atoms with Gasteiger partial charge in [0.05, 0.1) is 5.52 Å². The summed E-state index contributed by atoms with van der Waals surface area (Å²) in [5.41, 5.74) is 1.09. The monoisotopic (exact) mass is 237 g/mol. The van der Waals surface area contributed by atoms with Crippen LogP contribution >= 0.6 is 0 Å². The van der Waals surface area contributed by atoms with Crippen molar-refractivity contribution in [2.45, 2.75) is 13.0 Å². The SMILES string of the molecule is Cc1c(C(O)C(=O)O)c2cccc(F)c2n1C. The molecule has 2 rings (SSSR count). The van der Waals surface area contributed by atoms with Crippen LogP contribution in [-0.2, 0) is 11.8 Å². The average molecular weight is 237 g/mol. The second-order valence-electron chi connectivity index (χ2n) is 3.93. The lowest BCUT2D eigenvalue weighted by Crippen LogP contribution is -2.11. The van der Waals surface area contributed by atoms with Gasteiger partial charge in [-0.3, -0.25) is 0 Å². The molecule has 1 aromatic heterocycles. The number of halogens is 1. The van der Waals surface area contributed by atoms with E-state index >= 15 is 0 Å². The van der Waals surface area contributed by atoms with Gasteiger partial charge >= 0.3 is 5.97 Å². The minimum absolute atomic E-state index is 0.245. The van der Waals surface area contributed by atoms with E-state index in [9.17, 15) is 14.3 Å². The number of carbonyl (C=O) groups is 1. The fourth-order valence-electron chi connectivity index (χ4n) is 2.09. The number of hydrogen-bond donors (Lipinski definition) is 2. The maximum absolute atomic E-state index is 13.7. The molecule has 1 heterocycles. The van der Waals surface area contributed by atoms with Crippen molar-refractivity contribution in [3.8, 4) is 0 Å². The summed E-state index contributed by atoms with van der Waals surface area (Å²) in [6.45, 7) is 1.65. The van der Waals surface area contributed by atoms with Gasteiger partial charge in [0.1, 0.15) is 5.82 Å². The fourth-order valence-corrected chi connectivity index (χ4v) is 2.09. The number of rotatable bonds is 2. The van der Waals surface area contributed by atoms with Crippen LogP contribution in [0.3, 0.4) is 0 Å². The highest BCUT2D eigenvalue weighted by atomic mass is 19.1. The maximum atomic E-state index is 13.7. The van der Waals surface area contributed by atoms with Crippen LogP contribution in [0.25, 0.3) is 10.9 Å². The standard InChI is InChI=1S/C12H12FNO3/c1-6-9(11(15)12(16)17)7-4-3-5-8(13)10(7)14(6)2/h3-5,11,15H,1-2H3,(H,16,17). The van der Waals surface area contributed by atoms with E-state index in [1.165, 1.54) is 12.1 Å². The molecule has 0 saturated carbocycles. The van der Waals surface area contributed by atoms with Crippen molar-refractivity contribution >= 4 is 16.9 Å². The number of nitrogens with zero attached hydrogens (tertiary/aromatic N) is 1. The van der Waals surface area contributed by atoms with Gasteiger partial charge in [0.15, 0.2) is 6.10 Å². The number of fused-ring (bicyclic) bond motifs is 1. The zero-order chi connectivity index (χ0) is 12.7. The van der Waals surface area contributed by atoms with Crippen molar-refractivity contribution in [1.82, 2.24) is 4.57 Å². The Bertz CT molecular complexity index is 603. The van der Waals surface area contributed by atoms with Crippen LogP contribution < -0.4 is 0 Å². The van der Waals surface area contributed by atoms with Crippen molar-refractivity contribution < 1.29 is 19.4 Å². The van der Waals surface area contributed by atoms with E-state index in [1.54, 1.807) is 24.6 Å². The first-order chi connectivity index (χ1) is 7.95. The van der Waals surface area contributed by atoms with Gasteiger partial charge in [0, 0.05) is 23.7 Å².